The fourth-order valence-electron chi connectivity index (χ4n) is 1.85. The Morgan fingerprint density at radius 3 is 2.20 bits per heavy atom. The summed E-state index contributed by atoms with van der Waals surface area (Å²) in [5.74, 6) is -0.564. The largest absolute Gasteiger partial charge is 0.449 e. The Morgan fingerprint density at radius 2 is 1.60 bits per heavy atom. The third kappa shape index (κ3) is 5.21. The molecular formula is C16H17N3O5S. The van der Waals surface area contributed by atoms with Crippen molar-refractivity contribution in [2.24, 2.45) is 0 Å². The van der Waals surface area contributed by atoms with Crippen molar-refractivity contribution in [2.75, 3.05) is 11.3 Å². The van der Waals surface area contributed by atoms with Gasteiger partial charge in [0.15, 0.2) is 0 Å². The third-order valence-electron chi connectivity index (χ3n) is 3.01. The Kier molecular flexibility index (Phi) is 5.96. The summed E-state index contributed by atoms with van der Waals surface area (Å²) in [6.07, 6.45) is -0.775. The van der Waals surface area contributed by atoms with Crippen LogP contribution in [-0.4, -0.2) is 27.0 Å². The number of carbonyl (C=O) groups is 2. The Hall–Kier alpha value is -3.07. The molecule has 2 amide bonds. The topological polar surface area (TPSA) is 114 Å². The molecule has 25 heavy (non-hydrogen) atoms. The lowest BCUT2D eigenvalue weighted by atomic mass is 10.2. The fourth-order valence-corrected chi connectivity index (χ4v) is 2.93. The van der Waals surface area contributed by atoms with Crippen LogP contribution in [-0.2, 0) is 14.8 Å². The Balaban J connectivity index is 2.00. The average molecular weight is 363 g/mol. The number of hydrazine groups is 1. The molecule has 0 aliphatic heterocycles. The van der Waals surface area contributed by atoms with Gasteiger partial charge in [-0.2, -0.15) is 0 Å². The van der Waals surface area contributed by atoms with E-state index < -0.39 is 22.0 Å². The van der Waals surface area contributed by atoms with Crippen LogP contribution in [0.2, 0.25) is 0 Å². The Labute approximate surface area is 145 Å². The lowest BCUT2D eigenvalue weighted by molar-refractivity contribution is 0.0912. The van der Waals surface area contributed by atoms with Gasteiger partial charge in [0, 0.05) is 11.3 Å². The summed E-state index contributed by atoms with van der Waals surface area (Å²) < 4.78 is 31.4. The summed E-state index contributed by atoms with van der Waals surface area (Å²) in [4.78, 5) is 23.1. The number of rotatable bonds is 5. The van der Waals surface area contributed by atoms with E-state index in [0.717, 1.165) is 0 Å². The fraction of sp³-hybridized carbons (Fsp3) is 0.125. The van der Waals surface area contributed by atoms with Gasteiger partial charge in [0.25, 0.3) is 15.9 Å². The van der Waals surface area contributed by atoms with Gasteiger partial charge < -0.3 is 4.74 Å². The van der Waals surface area contributed by atoms with E-state index in [0.29, 0.717) is 5.69 Å². The molecule has 0 radical (unpaired) electrons. The van der Waals surface area contributed by atoms with Crippen LogP contribution in [0.5, 0.6) is 0 Å². The highest BCUT2D eigenvalue weighted by Gasteiger charge is 2.14. The zero-order chi connectivity index (χ0) is 18.3. The Morgan fingerprint density at radius 1 is 0.960 bits per heavy atom. The van der Waals surface area contributed by atoms with E-state index in [1.54, 1.807) is 25.1 Å². The smallest absolute Gasteiger partial charge is 0.426 e. The standard InChI is InChI=1S/C16H17N3O5S/c1-2-24-16(21)18-17-15(20)12-8-10-13(11-9-12)19-25(22,23)14-6-4-3-5-7-14/h3-11,19H,2H2,1H3,(H,17,20)(H,18,21). The molecule has 0 atom stereocenters. The van der Waals surface area contributed by atoms with E-state index in [1.165, 1.54) is 36.4 Å². The molecule has 0 unspecified atom stereocenters. The number of hydrogen-bond acceptors (Lipinski definition) is 5. The third-order valence-corrected chi connectivity index (χ3v) is 4.40. The monoisotopic (exact) mass is 363 g/mol. The minimum Gasteiger partial charge on any atom is -0.449 e. The first-order valence-corrected chi connectivity index (χ1v) is 8.81. The minimum atomic E-state index is -3.70. The molecule has 2 aromatic rings. The van der Waals surface area contributed by atoms with Crippen LogP contribution in [0, 0.1) is 0 Å². The highest BCUT2D eigenvalue weighted by Crippen LogP contribution is 2.16. The van der Waals surface area contributed by atoms with Gasteiger partial charge in [0.1, 0.15) is 0 Å². The summed E-state index contributed by atoms with van der Waals surface area (Å²) in [6, 6.07) is 13.7. The minimum absolute atomic E-state index is 0.135. The molecule has 0 aliphatic carbocycles. The molecule has 9 heteroatoms. The van der Waals surface area contributed by atoms with Gasteiger partial charge in [-0.1, -0.05) is 18.2 Å². The summed E-state index contributed by atoms with van der Waals surface area (Å²) in [5.41, 5.74) is 4.80. The highest BCUT2D eigenvalue weighted by atomic mass is 32.2. The molecule has 0 bridgehead atoms. The van der Waals surface area contributed by atoms with Crippen molar-refractivity contribution in [1.82, 2.24) is 10.9 Å². The molecule has 0 spiro atoms. The molecule has 0 saturated carbocycles. The first-order chi connectivity index (χ1) is 11.9. The molecule has 132 valence electrons. The van der Waals surface area contributed by atoms with Crippen LogP contribution in [0.1, 0.15) is 17.3 Å². The molecule has 0 aromatic heterocycles. The summed E-state index contributed by atoms with van der Waals surface area (Å²) in [7, 11) is -3.70. The molecule has 2 rings (SSSR count). The highest BCUT2D eigenvalue weighted by molar-refractivity contribution is 7.92. The first-order valence-electron chi connectivity index (χ1n) is 7.33. The van der Waals surface area contributed by atoms with Gasteiger partial charge in [-0.3, -0.25) is 14.9 Å². The van der Waals surface area contributed by atoms with Crippen LogP contribution >= 0.6 is 0 Å². The van der Waals surface area contributed by atoms with Crippen LogP contribution < -0.4 is 15.6 Å². The molecule has 0 saturated heterocycles. The number of sulfonamides is 1. The molecular weight excluding hydrogens is 346 g/mol. The van der Waals surface area contributed by atoms with Gasteiger partial charge in [-0.15, -0.1) is 0 Å². The van der Waals surface area contributed by atoms with Crippen molar-refractivity contribution >= 4 is 27.7 Å². The first kappa shape index (κ1) is 18.3. The molecule has 0 fully saturated rings. The normalized spacial score (nSPS) is 10.6. The Bertz CT molecular complexity index is 836. The second kappa shape index (κ2) is 8.15. The predicted octanol–water partition coefficient (Wildman–Crippen LogP) is 1.88. The van der Waals surface area contributed by atoms with Crippen molar-refractivity contribution < 1.29 is 22.7 Å². The van der Waals surface area contributed by atoms with Crippen molar-refractivity contribution in [3.05, 3.63) is 60.2 Å². The number of hydrogen-bond donors (Lipinski definition) is 3. The SMILES string of the molecule is CCOC(=O)NNC(=O)c1ccc(NS(=O)(=O)c2ccccc2)cc1. The van der Waals surface area contributed by atoms with E-state index in [-0.39, 0.29) is 17.1 Å². The lowest BCUT2D eigenvalue weighted by Crippen LogP contribution is -2.41. The maximum atomic E-state index is 12.2. The van der Waals surface area contributed by atoms with E-state index >= 15 is 0 Å². The van der Waals surface area contributed by atoms with Crippen LogP contribution in [0.15, 0.2) is 59.5 Å². The summed E-state index contributed by atoms with van der Waals surface area (Å²) in [5, 5.41) is 0. The van der Waals surface area contributed by atoms with Crippen molar-refractivity contribution in [3.8, 4) is 0 Å². The molecule has 0 aliphatic rings. The van der Waals surface area contributed by atoms with Crippen LogP contribution in [0.4, 0.5) is 10.5 Å². The van der Waals surface area contributed by atoms with Crippen molar-refractivity contribution in [3.63, 3.8) is 0 Å². The summed E-state index contributed by atoms with van der Waals surface area (Å²) in [6.45, 7) is 1.81. The second-order valence-electron chi connectivity index (χ2n) is 4.80. The van der Waals surface area contributed by atoms with Crippen LogP contribution in [0.25, 0.3) is 0 Å². The average Bonchev–Trinajstić information content (AvgIpc) is 2.61. The summed E-state index contributed by atoms with van der Waals surface area (Å²) >= 11 is 0. The number of amides is 2. The van der Waals surface area contributed by atoms with E-state index in [9.17, 15) is 18.0 Å². The number of ether oxygens (including phenoxy) is 1. The number of anilines is 1. The van der Waals surface area contributed by atoms with Gasteiger partial charge >= 0.3 is 6.09 Å². The van der Waals surface area contributed by atoms with Gasteiger partial charge in [0.05, 0.1) is 11.5 Å². The van der Waals surface area contributed by atoms with Crippen molar-refractivity contribution in [1.29, 1.82) is 0 Å². The molecule has 0 heterocycles. The van der Waals surface area contributed by atoms with Crippen LogP contribution in [0.3, 0.4) is 0 Å². The van der Waals surface area contributed by atoms with Gasteiger partial charge in [0.2, 0.25) is 0 Å². The van der Waals surface area contributed by atoms with Gasteiger partial charge in [-0.05, 0) is 43.3 Å². The molecule has 2 aromatic carbocycles. The molecule has 3 N–H and O–H groups in total. The number of benzene rings is 2. The predicted molar refractivity (Wildman–Crippen MR) is 91.3 cm³/mol. The van der Waals surface area contributed by atoms with Crippen molar-refractivity contribution in [2.45, 2.75) is 11.8 Å². The number of nitrogens with one attached hydrogen (secondary N) is 3. The zero-order valence-electron chi connectivity index (χ0n) is 13.4. The quantitative estimate of drug-likeness (QED) is 0.702. The van der Waals surface area contributed by atoms with E-state index in [2.05, 4.69) is 20.3 Å². The van der Waals surface area contributed by atoms with E-state index in [4.69, 9.17) is 0 Å². The molecule has 8 nitrogen and oxygen atoms in total. The lowest BCUT2D eigenvalue weighted by Gasteiger charge is -2.09. The van der Waals surface area contributed by atoms with E-state index in [1.807, 2.05) is 0 Å². The maximum absolute atomic E-state index is 12.2. The van der Waals surface area contributed by atoms with Gasteiger partial charge in [-0.25, -0.2) is 18.6 Å². The number of carbonyl (C=O) groups excluding carboxylic acids is 2. The second-order valence-corrected chi connectivity index (χ2v) is 6.48. The zero-order valence-corrected chi connectivity index (χ0v) is 14.2. The maximum Gasteiger partial charge on any atom is 0.426 e.